The molecular formula is C11H21B2N3O7. The van der Waals surface area contributed by atoms with Crippen LogP contribution in [0, 0.1) is 0 Å². The van der Waals surface area contributed by atoms with Crippen LogP contribution in [0.4, 0.5) is 0 Å². The molecular weight excluding hydrogens is 308 g/mol. The maximum atomic E-state index is 10.1. The van der Waals surface area contributed by atoms with E-state index in [0.717, 1.165) is 0 Å². The van der Waals surface area contributed by atoms with Gasteiger partial charge in [-0.05, 0) is 5.53 Å². The van der Waals surface area contributed by atoms with E-state index < -0.39 is 42.6 Å². The van der Waals surface area contributed by atoms with Crippen molar-refractivity contribution in [3.05, 3.63) is 10.4 Å². The summed E-state index contributed by atoms with van der Waals surface area (Å²) in [4.78, 5) is 2.68. The van der Waals surface area contributed by atoms with E-state index in [-0.39, 0.29) is 26.7 Å². The Morgan fingerprint density at radius 2 is 2.04 bits per heavy atom. The van der Waals surface area contributed by atoms with Gasteiger partial charge in [-0.3, -0.25) is 0 Å². The summed E-state index contributed by atoms with van der Waals surface area (Å²) in [5.41, 5.74) is 8.56. The monoisotopic (exact) mass is 329 g/mol. The quantitative estimate of drug-likeness (QED) is 0.193. The van der Waals surface area contributed by atoms with Gasteiger partial charge >= 0.3 is 7.48 Å². The Morgan fingerprint density at radius 3 is 2.61 bits per heavy atom. The summed E-state index contributed by atoms with van der Waals surface area (Å²) in [6, 6.07) is -1.76. The fourth-order valence-corrected chi connectivity index (χ4v) is 3.01. The number of aliphatic hydroxyl groups excluding tert-OH is 3. The van der Waals surface area contributed by atoms with Gasteiger partial charge in [0, 0.05) is 12.0 Å². The first kappa shape index (κ1) is 18.5. The van der Waals surface area contributed by atoms with Gasteiger partial charge in [-0.25, -0.2) is 0 Å². The molecule has 2 aliphatic rings. The zero-order valence-electron chi connectivity index (χ0n) is 13.1. The van der Waals surface area contributed by atoms with Crippen LogP contribution in [-0.2, 0) is 18.9 Å². The normalized spacial score (nSPS) is 43.3. The third kappa shape index (κ3) is 3.98. The highest BCUT2D eigenvalue weighted by atomic mass is 16.6. The Kier molecular flexibility index (Phi) is 6.69. The third-order valence-electron chi connectivity index (χ3n) is 4.23. The zero-order chi connectivity index (χ0) is 17.0. The predicted molar refractivity (Wildman–Crippen MR) is 81.8 cm³/mol. The van der Waals surface area contributed by atoms with Crippen LogP contribution in [-0.4, -0.2) is 99.5 Å². The van der Waals surface area contributed by atoms with Crippen LogP contribution in [0.25, 0.3) is 10.4 Å². The lowest BCUT2D eigenvalue weighted by atomic mass is 9.84. The molecule has 0 spiro atoms. The highest BCUT2D eigenvalue weighted by Crippen LogP contribution is 2.25. The lowest BCUT2D eigenvalue weighted by Gasteiger charge is -2.18. The first-order valence-electron chi connectivity index (χ1n) is 7.46. The SMILES string of the molecule is B[C@@H]1O[C@H](COB[C@@H]2O[C@H](CO)[C@@H](O)C2N=[N+]=[N-])[C@@H](O)[C@H]1OC. The molecule has 1 unspecified atom stereocenters. The van der Waals surface area contributed by atoms with E-state index in [2.05, 4.69) is 10.0 Å². The fraction of sp³-hybridized carbons (Fsp3) is 1.00. The van der Waals surface area contributed by atoms with Crippen molar-refractivity contribution in [2.45, 2.75) is 48.6 Å². The molecule has 0 saturated carbocycles. The van der Waals surface area contributed by atoms with Gasteiger partial charge < -0.3 is 34.2 Å². The molecule has 3 N–H and O–H groups in total. The van der Waals surface area contributed by atoms with Gasteiger partial charge in [0.1, 0.15) is 32.3 Å². The van der Waals surface area contributed by atoms with Gasteiger partial charge in [0.2, 0.25) is 0 Å². The summed E-state index contributed by atoms with van der Waals surface area (Å²) in [5, 5.41) is 32.6. The molecule has 128 valence electrons. The highest BCUT2D eigenvalue weighted by molar-refractivity contribution is 6.29. The fourth-order valence-electron chi connectivity index (χ4n) is 3.01. The van der Waals surface area contributed by atoms with Crippen molar-refractivity contribution in [1.82, 2.24) is 0 Å². The van der Waals surface area contributed by atoms with Crippen molar-refractivity contribution in [2.75, 3.05) is 20.3 Å². The lowest BCUT2D eigenvalue weighted by molar-refractivity contribution is -0.0179. The molecule has 2 saturated heterocycles. The highest BCUT2D eigenvalue weighted by Gasteiger charge is 2.45. The van der Waals surface area contributed by atoms with Crippen molar-refractivity contribution in [2.24, 2.45) is 5.11 Å². The number of rotatable bonds is 7. The van der Waals surface area contributed by atoms with E-state index in [1.165, 1.54) is 7.11 Å². The number of ether oxygens (including phenoxy) is 3. The van der Waals surface area contributed by atoms with E-state index >= 15 is 0 Å². The Balaban J connectivity index is 1.85. The number of hydrogen-bond acceptors (Lipinski definition) is 8. The maximum Gasteiger partial charge on any atom is 0.305 e. The van der Waals surface area contributed by atoms with Crippen molar-refractivity contribution < 1.29 is 34.2 Å². The van der Waals surface area contributed by atoms with Crippen LogP contribution in [0.1, 0.15) is 0 Å². The summed E-state index contributed by atoms with van der Waals surface area (Å²) in [7, 11) is 3.34. The smallest absolute Gasteiger partial charge is 0.305 e. The summed E-state index contributed by atoms with van der Waals surface area (Å²) in [5.74, 6) is 0. The van der Waals surface area contributed by atoms with Crippen LogP contribution in [0.15, 0.2) is 5.11 Å². The lowest BCUT2D eigenvalue weighted by Crippen LogP contribution is -2.38. The summed E-state index contributed by atoms with van der Waals surface area (Å²) >= 11 is 0. The number of methoxy groups -OCH3 is 1. The predicted octanol–water partition coefficient (Wildman–Crippen LogP) is -3.15. The number of aliphatic hydroxyl groups is 3. The minimum absolute atomic E-state index is 0.0376. The van der Waals surface area contributed by atoms with Crippen LogP contribution >= 0.6 is 0 Å². The second kappa shape index (κ2) is 8.31. The molecule has 0 aromatic carbocycles. The molecule has 2 heterocycles. The molecule has 8 atom stereocenters. The van der Waals surface area contributed by atoms with Crippen molar-refractivity contribution in [3.8, 4) is 0 Å². The van der Waals surface area contributed by atoms with Gasteiger partial charge in [-0.1, -0.05) is 5.11 Å². The number of azide groups is 1. The zero-order valence-corrected chi connectivity index (χ0v) is 13.1. The summed E-state index contributed by atoms with van der Waals surface area (Å²) in [6.45, 7) is -0.277. The minimum Gasteiger partial charge on any atom is -0.434 e. The average molecular weight is 329 g/mol. The molecule has 0 radical (unpaired) electrons. The number of hydrogen-bond donors (Lipinski definition) is 3. The minimum atomic E-state index is -1.09. The second-order valence-electron chi connectivity index (χ2n) is 5.69. The standard InChI is InChI=1S/C11H21B2N3O7/c1-20-9-8(19)5(22-10(9)12)3-21-13-11-6(15-16-14)7(18)4(2-17)23-11/h4-11,13,17-19H,2-3,12H2,1H3/t4-,5-,6?,7-,8-,9-,10-,11-/m1/s1. The largest absolute Gasteiger partial charge is 0.434 e. The Morgan fingerprint density at radius 1 is 1.30 bits per heavy atom. The number of nitrogens with zero attached hydrogens (tertiary/aromatic N) is 3. The van der Waals surface area contributed by atoms with Gasteiger partial charge in [0.15, 0.2) is 0 Å². The Bertz CT molecular complexity index is 442. The second-order valence-corrected chi connectivity index (χ2v) is 5.69. The van der Waals surface area contributed by atoms with Crippen molar-refractivity contribution in [3.63, 3.8) is 0 Å². The van der Waals surface area contributed by atoms with Gasteiger partial charge in [-0.2, -0.15) is 0 Å². The molecule has 0 bridgehead atoms. The topological polar surface area (TPSA) is 146 Å². The molecule has 2 fully saturated rings. The third-order valence-corrected chi connectivity index (χ3v) is 4.23. The molecule has 0 aromatic heterocycles. The molecule has 10 nitrogen and oxygen atoms in total. The Labute approximate surface area is 135 Å². The van der Waals surface area contributed by atoms with E-state index in [1.54, 1.807) is 7.85 Å². The van der Waals surface area contributed by atoms with Crippen LogP contribution in [0.3, 0.4) is 0 Å². The van der Waals surface area contributed by atoms with Gasteiger partial charge in [-0.15, -0.1) is 0 Å². The average Bonchev–Trinajstić information content (AvgIpc) is 2.98. The first-order chi connectivity index (χ1) is 11.0. The van der Waals surface area contributed by atoms with Gasteiger partial charge in [0.05, 0.1) is 37.4 Å². The van der Waals surface area contributed by atoms with Crippen LogP contribution in [0.5, 0.6) is 0 Å². The summed E-state index contributed by atoms with van der Waals surface area (Å²) in [6.07, 6.45) is -3.65. The van der Waals surface area contributed by atoms with Crippen LogP contribution < -0.4 is 0 Å². The van der Waals surface area contributed by atoms with E-state index in [4.69, 9.17) is 29.5 Å². The molecule has 0 aliphatic carbocycles. The molecule has 12 heteroatoms. The molecule has 2 aliphatic heterocycles. The molecule has 2 rings (SSSR count). The van der Waals surface area contributed by atoms with E-state index in [0.29, 0.717) is 0 Å². The van der Waals surface area contributed by atoms with E-state index in [1.807, 2.05) is 0 Å². The summed E-state index contributed by atoms with van der Waals surface area (Å²) < 4.78 is 21.6. The molecule has 0 amide bonds. The van der Waals surface area contributed by atoms with Crippen molar-refractivity contribution in [1.29, 1.82) is 0 Å². The first-order valence-corrected chi connectivity index (χ1v) is 7.46. The maximum absolute atomic E-state index is 10.1. The van der Waals surface area contributed by atoms with Crippen molar-refractivity contribution >= 4 is 15.3 Å². The Hall–Kier alpha value is -0.840. The molecule has 0 aromatic rings. The van der Waals surface area contributed by atoms with Gasteiger partial charge in [0.25, 0.3) is 0 Å². The van der Waals surface area contributed by atoms with Crippen LogP contribution in [0.2, 0.25) is 0 Å². The molecule has 23 heavy (non-hydrogen) atoms. The van der Waals surface area contributed by atoms with E-state index in [9.17, 15) is 10.2 Å².